The van der Waals surface area contributed by atoms with Crippen LogP contribution in [0.2, 0.25) is 0 Å². The Morgan fingerprint density at radius 2 is 1.62 bits per heavy atom. The fourth-order valence-electron chi connectivity index (χ4n) is 0.570. The number of methoxy groups -OCH3 is 1. The van der Waals surface area contributed by atoms with Crippen LogP contribution < -0.4 is 0 Å². The van der Waals surface area contributed by atoms with Crippen LogP contribution in [-0.2, 0) is 9.53 Å². The average molecular weight is 206 g/mol. The molecule has 1 unspecified atom stereocenters. The van der Waals surface area contributed by atoms with Gasteiger partial charge in [0.2, 0.25) is 0 Å². The van der Waals surface area contributed by atoms with Gasteiger partial charge in [-0.3, -0.25) is 4.79 Å². The Balaban J connectivity index is 4.74. The van der Waals surface area contributed by atoms with Gasteiger partial charge in [-0.2, -0.15) is 22.0 Å². The molecule has 7 heteroatoms. The highest BCUT2D eigenvalue weighted by atomic mass is 19.4. The standard InChI is InChI=1S/C6H7F5O2/c1-3(4(12)13-2)5(7,8)6(9,10)11/h3H,1-2H3. The second-order valence-corrected chi connectivity index (χ2v) is 2.37. The number of carbonyl (C=O) groups is 1. The molecule has 0 rings (SSSR count). The molecule has 0 bridgehead atoms. The van der Waals surface area contributed by atoms with E-state index >= 15 is 0 Å². The number of esters is 1. The molecule has 0 N–H and O–H groups in total. The molecular weight excluding hydrogens is 199 g/mol. The third kappa shape index (κ3) is 2.28. The zero-order chi connectivity index (χ0) is 10.9. The van der Waals surface area contributed by atoms with Crippen LogP contribution >= 0.6 is 0 Å². The summed E-state index contributed by atoms with van der Waals surface area (Å²) in [5.41, 5.74) is 0. The second kappa shape index (κ2) is 3.47. The van der Waals surface area contributed by atoms with Crippen molar-refractivity contribution in [2.75, 3.05) is 7.11 Å². The van der Waals surface area contributed by atoms with E-state index in [1.807, 2.05) is 0 Å². The molecule has 0 radical (unpaired) electrons. The fourth-order valence-corrected chi connectivity index (χ4v) is 0.570. The molecule has 0 spiro atoms. The lowest BCUT2D eigenvalue weighted by Crippen LogP contribution is -2.45. The van der Waals surface area contributed by atoms with Crippen LogP contribution in [0, 0.1) is 5.92 Å². The predicted molar refractivity (Wildman–Crippen MR) is 32.2 cm³/mol. The highest BCUT2D eigenvalue weighted by molar-refractivity contribution is 5.73. The molecule has 0 saturated carbocycles. The normalized spacial score (nSPS) is 15.3. The summed E-state index contributed by atoms with van der Waals surface area (Å²) in [7, 11) is 0.741. The molecule has 0 aliphatic carbocycles. The zero-order valence-electron chi connectivity index (χ0n) is 6.78. The van der Waals surface area contributed by atoms with E-state index in [-0.39, 0.29) is 0 Å². The zero-order valence-corrected chi connectivity index (χ0v) is 6.78. The van der Waals surface area contributed by atoms with Gasteiger partial charge in [-0.15, -0.1) is 0 Å². The van der Waals surface area contributed by atoms with Gasteiger partial charge in [0, 0.05) is 0 Å². The van der Waals surface area contributed by atoms with E-state index in [0.717, 1.165) is 7.11 Å². The molecule has 0 fully saturated rings. The van der Waals surface area contributed by atoms with Crippen molar-refractivity contribution in [2.24, 2.45) is 5.92 Å². The minimum absolute atomic E-state index is 0.458. The van der Waals surface area contributed by atoms with E-state index < -0.39 is 24.0 Å². The lowest BCUT2D eigenvalue weighted by Gasteiger charge is -2.23. The van der Waals surface area contributed by atoms with Gasteiger partial charge in [0.25, 0.3) is 0 Å². The van der Waals surface area contributed by atoms with Gasteiger partial charge in [-0.1, -0.05) is 0 Å². The number of rotatable bonds is 2. The highest BCUT2D eigenvalue weighted by Crippen LogP contribution is 2.41. The Kier molecular flexibility index (Phi) is 3.23. The van der Waals surface area contributed by atoms with Crippen LogP contribution in [0.1, 0.15) is 6.92 Å². The van der Waals surface area contributed by atoms with Gasteiger partial charge < -0.3 is 4.74 Å². The molecule has 78 valence electrons. The third-order valence-corrected chi connectivity index (χ3v) is 1.48. The van der Waals surface area contributed by atoms with Gasteiger partial charge in [0.1, 0.15) is 5.92 Å². The molecule has 0 aliphatic heterocycles. The summed E-state index contributed by atoms with van der Waals surface area (Å²) in [6.07, 6.45) is -5.74. The molecular formula is C6H7F5O2. The number of halogens is 5. The average Bonchev–Trinajstić information content (AvgIpc) is 1.99. The number of carbonyl (C=O) groups excluding carboxylic acids is 1. The van der Waals surface area contributed by atoms with E-state index in [9.17, 15) is 26.7 Å². The summed E-state index contributed by atoms with van der Waals surface area (Å²) >= 11 is 0. The SMILES string of the molecule is COC(=O)C(C)C(F)(F)C(F)(F)F. The predicted octanol–water partition coefficient (Wildman–Crippen LogP) is 1.99. The van der Waals surface area contributed by atoms with Crippen LogP contribution in [0.5, 0.6) is 0 Å². The van der Waals surface area contributed by atoms with E-state index in [0.29, 0.717) is 6.92 Å². The minimum atomic E-state index is -5.74. The first-order valence-electron chi connectivity index (χ1n) is 3.17. The maximum absolute atomic E-state index is 12.3. The van der Waals surface area contributed by atoms with Crippen molar-refractivity contribution in [3.8, 4) is 0 Å². The fraction of sp³-hybridized carbons (Fsp3) is 0.833. The summed E-state index contributed by atoms with van der Waals surface area (Å²) in [4.78, 5) is 10.4. The van der Waals surface area contributed by atoms with E-state index in [4.69, 9.17) is 0 Å². The van der Waals surface area contributed by atoms with Crippen LogP contribution in [0.3, 0.4) is 0 Å². The Morgan fingerprint density at radius 1 is 1.23 bits per heavy atom. The molecule has 13 heavy (non-hydrogen) atoms. The Labute approximate surface area is 70.7 Å². The van der Waals surface area contributed by atoms with Crippen LogP contribution in [-0.4, -0.2) is 25.2 Å². The molecule has 0 aromatic carbocycles. The molecule has 0 amide bonds. The maximum Gasteiger partial charge on any atom is 0.454 e. The topological polar surface area (TPSA) is 26.3 Å². The monoisotopic (exact) mass is 206 g/mol. The molecule has 0 heterocycles. The quantitative estimate of drug-likeness (QED) is 0.510. The number of alkyl halides is 5. The summed E-state index contributed by atoms with van der Waals surface area (Å²) in [5, 5.41) is 0. The van der Waals surface area contributed by atoms with Gasteiger partial charge in [0.05, 0.1) is 7.11 Å². The van der Waals surface area contributed by atoms with Gasteiger partial charge in [-0.25, -0.2) is 0 Å². The summed E-state index contributed by atoms with van der Waals surface area (Å²) < 4.78 is 63.3. The van der Waals surface area contributed by atoms with Crippen molar-refractivity contribution in [3.05, 3.63) is 0 Å². The van der Waals surface area contributed by atoms with Crippen LogP contribution in [0.4, 0.5) is 22.0 Å². The Hall–Kier alpha value is -0.880. The minimum Gasteiger partial charge on any atom is -0.469 e. The maximum atomic E-state index is 12.3. The Bertz CT molecular complexity index is 198. The smallest absolute Gasteiger partial charge is 0.454 e. The second-order valence-electron chi connectivity index (χ2n) is 2.37. The third-order valence-electron chi connectivity index (χ3n) is 1.48. The van der Waals surface area contributed by atoms with Crippen LogP contribution in [0.15, 0.2) is 0 Å². The first kappa shape index (κ1) is 12.1. The Morgan fingerprint density at radius 3 is 1.85 bits per heavy atom. The first-order chi connectivity index (χ1) is 5.64. The van der Waals surface area contributed by atoms with Crippen molar-refractivity contribution < 1.29 is 31.5 Å². The van der Waals surface area contributed by atoms with Gasteiger partial charge in [-0.05, 0) is 6.92 Å². The molecule has 0 aromatic rings. The van der Waals surface area contributed by atoms with Crippen molar-refractivity contribution >= 4 is 5.97 Å². The summed E-state index contributed by atoms with van der Waals surface area (Å²) in [6, 6.07) is 0. The number of ether oxygens (including phenoxy) is 1. The van der Waals surface area contributed by atoms with Crippen molar-refractivity contribution in [3.63, 3.8) is 0 Å². The molecule has 0 aliphatic rings. The number of hydrogen-bond donors (Lipinski definition) is 0. The molecule has 1 atom stereocenters. The van der Waals surface area contributed by atoms with E-state index in [1.165, 1.54) is 0 Å². The van der Waals surface area contributed by atoms with Gasteiger partial charge in [0.15, 0.2) is 0 Å². The van der Waals surface area contributed by atoms with Crippen molar-refractivity contribution in [1.82, 2.24) is 0 Å². The van der Waals surface area contributed by atoms with Crippen molar-refractivity contribution in [2.45, 2.75) is 19.0 Å². The summed E-state index contributed by atoms with van der Waals surface area (Å²) in [5.74, 6) is -9.18. The largest absolute Gasteiger partial charge is 0.469 e. The summed E-state index contributed by atoms with van der Waals surface area (Å²) in [6.45, 7) is 0.458. The molecule has 2 nitrogen and oxygen atoms in total. The first-order valence-corrected chi connectivity index (χ1v) is 3.17. The number of hydrogen-bond acceptors (Lipinski definition) is 2. The lowest BCUT2D eigenvalue weighted by atomic mass is 10.0. The highest BCUT2D eigenvalue weighted by Gasteiger charge is 2.63. The van der Waals surface area contributed by atoms with Gasteiger partial charge >= 0.3 is 18.1 Å². The molecule has 0 aromatic heterocycles. The lowest BCUT2D eigenvalue weighted by molar-refractivity contribution is -0.299. The van der Waals surface area contributed by atoms with Crippen LogP contribution in [0.25, 0.3) is 0 Å². The van der Waals surface area contributed by atoms with Crippen molar-refractivity contribution in [1.29, 1.82) is 0 Å². The van der Waals surface area contributed by atoms with E-state index in [2.05, 4.69) is 4.74 Å². The van der Waals surface area contributed by atoms with E-state index in [1.54, 1.807) is 0 Å². The molecule has 0 saturated heterocycles.